The molecule has 0 fully saturated rings. The van der Waals surface area contributed by atoms with E-state index in [9.17, 15) is 13.6 Å². The normalized spacial score (nSPS) is 11.6. The van der Waals surface area contributed by atoms with Crippen LogP contribution < -0.4 is 5.73 Å². The van der Waals surface area contributed by atoms with Gasteiger partial charge >= 0.3 is 0 Å². The summed E-state index contributed by atoms with van der Waals surface area (Å²) in [4.78, 5) is 12.2. The molecule has 0 aliphatic carbocycles. The van der Waals surface area contributed by atoms with Crippen LogP contribution in [0.5, 0.6) is 0 Å². The number of carbonyl (C=O) groups excluding carboxylic acids is 1. The average molecular weight is 241 g/mol. The molecule has 0 saturated heterocycles. The van der Waals surface area contributed by atoms with Crippen LogP contribution >= 0.6 is 0 Å². The van der Waals surface area contributed by atoms with Gasteiger partial charge in [0, 0.05) is 12.0 Å². The Morgan fingerprint density at radius 1 is 1.29 bits per heavy atom. The SMILES string of the molecule is CCC(CC)(CN)C(=O)c1cc(F)ccc1F. The third-order valence-electron chi connectivity index (χ3n) is 3.40. The fraction of sp³-hybridized carbons (Fsp3) is 0.462. The van der Waals surface area contributed by atoms with E-state index in [1.807, 2.05) is 13.8 Å². The topological polar surface area (TPSA) is 43.1 Å². The second-order valence-electron chi connectivity index (χ2n) is 4.14. The number of ketones is 1. The molecule has 1 rings (SSSR count). The number of carbonyl (C=O) groups is 1. The van der Waals surface area contributed by atoms with E-state index in [1.54, 1.807) is 0 Å². The zero-order chi connectivity index (χ0) is 13.1. The lowest BCUT2D eigenvalue weighted by Crippen LogP contribution is -2.38. The maximum atomic E-state index is 13.5. The summed E-state index contributed by atoms with van der Waals surface area (Å²) in [6, 6.07) is 2.90. The lowest BCUT2D eigenvalue weighted by atomic mass is 9.76. The van der Waals surface area contributed by atoms with Crippen LogP contribution in [-0.4, -0.2) is 12.3 Å². The molecule has 0 amide bonds. The van der Waals surface area contributed by atoms with E-state index >= 15 is 0 Å². The van der Waals surface area contributed by atoms with Gasteiger partial charge in [0.25, 0.3) is 0 Å². The minimum atomic E-state index is -0.797. The van der Waals surface area contributed by atoms with Crippen LogP contribution in [0.3, 0.4) is 0 Å². The monoisotopic (exact) mass is 241 g/mol. The van der Waals surface area contributed by atoms with Crippen LogP contribution in [0.4, 0.5) is 8.78 Å². The molecular weight excluding hydrogens is 224 g/mol. The Labute approximate surface area is 99.8 Å². The number of nitrogens with two attached hydrogens (primary N) is 1. The molecule has 0 saturated carbocycles. The Morgan fingerprint density at radius 2 is 1.88 bits per heavy atom. The first kappa shape index (κ1) is 13.8. The fourth-order valence-electron chi connectivity index (χ4n) is 1.91. The third-order valence-corrected chi connectivity index (χ3v) is 3.40. The van der Waals surface area contributed by atoms with Crippen LogP contribution in [-0.2, 0) is 0 Å². The van der Waals surface area contributed by atoms with Crippen molar-refractivity contribution in [1.29, 1.82) is 0 Å². The van der Waals surface area contributed by atoms with Gasteiger partial charge in [-0.3, -0.25) is 4.79 Å². The Morgan fingerprint density at radius 3 is 2.35 bits per heavy atom. The second kappa shape index (κ2) is 5.36. The van der Waals surface area contributed by atoms with Crippen molar-refractivity contribution in [3.05, 3.63) is 35.4 Å². The van der Waals surface area contributed by atoms with Gasteiger partial charge in [0.1, 0.15) is 11.6 Å². The number of Topliss-reactive ketones (excluding diaryl/α,β-unsaturated/α-hetero) is 1. The van der Waals surface area contributed by atoms with Gasteiger partial charge in [0.05, 0.1) is 5.56 Å². The summed E-state index contributed by atoms with van der Waals surface area (Å²) in [7, 11) is 0. The Kier molecular flexibility index (Phi) is 4.34. The Bertz CT molecular complexity index is 406. The molecule has 2 nitrogen and oxygen atoms in total. The van der Waals surface area contributed by atoms with Crippen LogP contribution in [0.2, 0.25) is 0 Å². The number of rotatable bonds is 5. The molecule has 0 bridgehead atoms. The fourth-order valence-corrected chi connectivity index (χ4v) is 1.91. The number of hydrogen-bond donors (Lipinski definition) is 1. The van der Waals surface area contributed by atoms with E-state index in [0.717, 1.165) is 18.2 Å². The molecule has 0 heterocycles. The minimum absolute atomic E-state index is 0.134. The standard InChI is InChI=1S/C13H17F2NO/c1-3-13(4-2,8-16)12(17)10-7-9(14)5-6-11(10)15/h5-7H,3-4,8,16H2,1-2H3. The van der Waals surface area contributed by atoms with Crippen molar-refractivity contribution in [3.63, 3.8) is 0 Å². The van der Waals surface area contributed by atoms with E-state index < -0.39 is 22.8 Å². The average Bonchev–Trinajstić information content (AvgIpc) is 2.35. The van der Waals surface area contributed by atoms with Gasteiger partial charge < -0.3 is 5.73 Å². The van der Waals surface area contributed by atoms with E-state index in [-0.39, 0.29) is 12.1 Å². The minimum Gasteiger partial charge on any atom is -0.329 e. The van der Waals surface area contributed by atoms with Crippen LogP contribution in [0.25, 0.3) is 0 Å². The largest absolute Gasteiger partial charge is 0.329 e. The number of halogens is 2. The predicted molar refractivity (Wildman–Crippen MR) is 62.8 cm³/mol. The third kappa shape index (κ3) is 2.52. The van der Waals surface area contributed by atoms with Gasteiger partial charge in [-0.25, -0.2) is 8.78 Å². The van der Waals surface area contributed by atoms with Crippen LogP contribution in [0, 0.1) is 17.0 Å². The molecule has 0 aromatic heterocycles. The highest BCUT2D eigenvalue weighted by Crippen LogP contribution is 2.30. The molecular formula is C13H17F2NO. The Hall–Kier alpha value is -1.29. The van der Waals surface area contributed by atoms with E-state index in [0.29, 0.717) is 12.8 Å². The summed E-state index contributed by atoms with van der Waals surface area (Å²) in [5, 5.41) is 0. The van der Waals surface area contributed by atoms with Crippen LogP contribution in [0.15, 0.2) is 18.2 Å². The summed E-state index contributed by atoms with van der Waals surface area (Å²) in [5.41, 5.74) is 4.61. The number of benzene rings is 1. The van der Waals surface area contributed by atoms with Crippen molar-refractivity contribution in [2.24, 2.45) is 11.1 Å². The van der Waals surface area contributed by atoms with Crippen molar-refractivity contribution in [2.75, 3.05) is 6.54 Å². The predicted octanol–water partition coefficient (Wildman–Crippen LogP) is 2.91. The highest BCUT2D eigenvalue weighted by atomic mass is 19.1. The van der Waals surface area contributed by atoms with Gasteiger partial charge in [-0.05, 0) is 31.0 Å². The lowest BCUT2D eigenvalue weighted by Gasteiger charge is -2.28. The van der Waals surface area contributed by atoms with E-state index in [4.69, 9.17) is 5.73 Å². The summed E-state index contributed by atoms with van der Waals surface area (Å²) < 4.78 is 26.6. The van der Waals surface area contributed by atoms with Gasteiger partial charge in [0.15, 0.2) is 5.78 Å². The summed E-state index contributed by atoms with van der Waals surface area (Å²) >= 11 is 0. The molecule has 0 spiro atoms. The van der Waals surface area contributed by atoms with E-state index in [1.165, 1.54) is 0 Å². The highest BCUT2D eigenvalue weighted by Gasteiger charge is 2.35. The molecule has 17 heavy (non-hydrogen) atoms. The molecule has 1 aromatic rings. The zero-order valence-electron chi connectivity index (χ0n) is 10.1. The first-order valence-electron chi connectivity index (χ1n) is 5.70. The first-order valence-corrected chi connectivity index (χ1v) is 5.70. The molecule has 0 radical (unpaired) electrons. The zero-order valence-corrected chi connectivity index (χ0v) is 10.1. The van der Waals surface area contributed by atoms with Gasteiger partial charge in [-0.15, -0.1) is 0 Å². The molecule has 4 heteroatoms. The number of hydrogen-bond acceptors (Lipinski definition) is 2. The molecule has 0 aliphatic rings. The van der Waals surface area contributed by atoms with Gasteiger partial charge in [0.2, 0.25) is 0 Å². The van der Waals surface area contributed by atoms with Crippen molar-refractivity contribution in [2.45, 2.75) is 26.7 Å². The summed E-state index contributed by atoms with van der Waals surface area (Å²) in [6.07, 6.45) is 1.02. The van der Waals surface area contributed by atoms with E-state index in [2.05, 4.69) is 0 Å². The van der Waals surface area contributed by atoms with Gasteiger partial charge in [-0.2, -0.15) is 0 Å². The molecule has 0 aliphatic heterocycles. The second-order valence-corrected chi connectivity index (χ2v) is 4.14. The molecule has 0 unspecified atom stereocenters. The molecule has 0 atom stereocenters. The van der Waals surface area contributed by atoms with Crippen molar-refractivity contribution in [3.8, 4) is 0 Å². The van der Waals surface area contributed by atoms with Crippen molar-refractivity contribution < 1.29 is 13.6 Å². The highest BCUT2D eigenvalue weighted by molar-refractivity contribution is 6.00. The first-order chi connectivity index (χ1) is 8.00. The maximum Gasteiger partial charge on any atom is 0.173 e. The molecule has 1 aromatic carbocycles. The van der Waals surface area contributed by atoms with Gasteiger partial charge in [-0.1, -0.05) is 13.8 Å². The maximum absolute atomic E-state index is 13.5. The lowest BCUT2D eigenvalue weighted by molar-refractivity contribution is 0.0782. The quantitative estimate of drug-likeness (QED) is 0.805. The smallest absolute Gasteiger partial charge is 0.173 e. The summed E-state index contributed by atoms with van der Waals surface area (Å²) in [6.45, 7) is 3.78. The van der Waals surface area contributed by atoms with Crippen molar-refractivity contribution in [1.82, 2.24) is 0 Å². The van der Waals surface area contributed by atoms with Crippen molar-refractivity contribution >= 4 is 5.78 Å². The Balaban J connectivity index is 3.23. The molecule has 2 N–H and O–H groups in total. The molecule has 94 valence electrons. The van der Waals surface area contributed by atoms with Crippen LogP contribution in [0.1, 0.15) is 37.0 Å². The summed E-state index contributed by atoms with van der Waals surface area (Å²) in [5.74, 6) is -1.73.